The Morgan fingerprint density at radius 3 is 2.95 bits per heavy atom. The van der Waals surface area contributed by atoms with Gasteiger partial charge in [-0.25, -0.2) is 0 Å². The van der Waals surface area contributed by atoms with Crippen LogP contribution < -0.4 is 4.74 Å². The molecule has 1 aliphatic heterocycles. The van der Waals surface area contributed by atoms with Gasteiger partial charge in [-0.3, -0.25) is 4.79 Å². The second kappa shape index (κ2) is 6.53. The van der Waals surface area contributed by atoms with Crippen molar-refractivity contribution in [1.82, 2.24) is 0 Å². The van der Waals surface area contributed by atoms with E-state index in [9.17, 15) is 4.79 Å². The molecule has 1 aliphatic rings. The highest BCUT2D eigenvalue weighted by Gasteiger charge is 2.18. The van der Waals surface area contributed by atoms with Gasteiger partial charge in [0.2, 0.25) is 0 Å². The molecule has 1 N–H and O–H groups in total. The maximum atomic E-state index is 10.9. The number of halogens is 1. The molecule has 104 valence electrons. The van der Waals surface area contributed by atoms with Gasteiger partial charge in [-0.1, -0.05) is 17.7 Å². The molecule has 0 aliphatic carbocycles. The zero-order chi connectivity index (χ0) is 13.8. The predicted molar refractivity (Wildman–Crippen MR) is 78.5 cm³/mol. The van der Waals surface area contributed by atoms with Crippen molar-refractivity contribution < 1.29 is 14.6 Å². The lowest BCUT2D eigenvalue weighted by atomic mass is 10.0. The molecule has 0 radical (unpaired) electrons. The van der Waals surface area contributed by atoms with Crippen LogP contribution in [0, 0.1) is 0 Å². The van der Waals surface area contributed by atoms with Crippen LogP contribution in [0.5, 0.6) is 5.75 Å². The molecule has 2 unspecified atom stereocenters. The van der Waals surface area contributed by atoms with Crippen molar-refractivity contribution in [3.8, 4) is 5.75 Å². The summed E-state index contributed by atoms with van der Waals surface area (Å²) in [6.07, 6.45) is 2.43. The molecular formula is C14H17ClO3S. The molecule has 1 saturated heterocycles. The lowest BCUT2D eigenvalue weighted by molar-refractivity contribution is -0.138. The van der Waals surface area contributed by atoms with Crippen LogP contribution in [0.2, 0.25) is 5.02 Å². The Bertz CT molecular complexity index is 458. The SMILES string of the molecule is CC(C(=O)O)c1ccc(OC2CCCSC2)c(Cl)c1. The van der Waals surface area contributed by atoms with E-state index in [2.05, 4.69) is 0 Å². The molecular weight excluding hydrogens is 284 g/mol. The number of rotatable bonds is 4. The van der Waals surface area contributed by atoms with Crippen molar-refractivity contribution >= 4 is 29.3 Å². The lowest BCUT2D eigenvalue weighted by Gasteiger charge is -2.23. The van der Waals surface area contributed by atoms with Crippen LogP contribution in [0.3, 0.4) is 0 Å². The number of carboxylic acids is 1. The summed E-state index contributed by atoms with van der Waals surface area (Å²) in [5.41, 5.74) is 0.697. The molecule has 1 aromatic rings. The summed E-state index contributed by atoms with van der Waals surface area (Å²) in [6.45, 7) is 1.65. The summed E-state index contributed by atoms with van der Waals surface area (Å²) in [5.74, 6) is 1.42. The maximum Gasteiger partial charge on any atom is 0.310 e. The summed E-state index contributed by atoms with van der Waals surface area (Å²) < 4.78 is 5.88. The lowest BCUT2D eigenvalue weighted by Crippen LogP contribution is -2.23. The average Bonchev–Trinajstić information content (AvgIpc) is 2.41. The van der Waals surface area contributed by atoms with Gasteiger partial charge in [0.25, 0.3) is 0 Å². The van der Waals surface area contributed by atoms with Crippen LogP contribution in [0.15, 0.2) is 18.2 Å². The average molecular weight is 301 g/mol. The van der Waals surface area contributed by atoms with Crippen molar-refractivity contribution in [2.45, 2.75) is 31.8 Å². The number of hydrogen-bond donors (Lipinski definition) is 1. The summed E-state index contributed by atoms with van der Waals surface area (Å²) >= 11 is 8.07. The van der Waals surface area contributed by atoms with Crippen LogP contribution in [0.25, 0.3) is 0 Å². The third-order valence-corrected chi connectivity index (χ3v) is 4.72. The number of benzene rings is 1. The van der Waals surface area contributed by atoms with Crippen molar-refractivity contribution in [3.05, 3.63) is 28.8 Å². The first kappa shape index (κ1) is 14.5. The molecule has 3 nitrogen and oxygen atoms in total. The molecule has 5 heteroatoms. The van der Waals surface area contributed by atoms with Crippen LogP contribution in [-0.2, 0) is 4.79 Å². The number of ether oxygens (including phenoxy) is 1. The fourth-order valence-corrected chi connectivity index (χ4v) is 3.28. The Labute approximate surface area is 122 Å². The standard InChI is InChI=1S/C14H17ClO3S/c1-9(14(16)17)10-4-5-13(12(15)7-10)18-11-3-2-6-19-8-11/h4-5,7,9,11H,2-3,6,8H2,1H3,(H,16,17). The number of carboxylic acid groups (broad SMARTS) is 1. The smallest absolute Gasteiger partial charge is 0.310 e. The molecule has 19 heavy (non-hydrogen) atoms. The first-order valence-corrected chi connectivity index (χ1v) is 7.88. The van der Waals surface area contributed by atoms with Crippen molar-refractivity contribution in [3.63, 3.8) is 0 Å². The Kier molecular flexibility index (Phi) is 4.99. The van der Waals surface area contributed by atoms with Gasteiger partial charge < -0.3 is 9.84 Å². The van der Waals surface area contributed by atoms with Gasteiger partial charge in [0, 0.05) is 5.75 Å². The third kappa shape index (κ3) is 3.80. The monoisotopic (exact) mass is 300 g/mol. The van der Waals surface area contributed by atoms with E-state index in [-0.39, 0.29) is 6.10 Å². The molecule has 0 aromatic heterocycles. The van der Waals surface area contributed by atoms with E-state index in [4.69, 9.17) is 21.4 Å². The predicted octanol–water partition coefficient (Wildman–Crippen LogP) is 3.80. The largest absolute Gasteiger partial charge is 0.488 e. The second-order valence-electron chi connectivity index (χ2n) is 4.71. The minimum atomic E-state index is -0.853. The second-order valence-corrected chi connectivity index (χ2v) is 6.26. The van der Waals surface area contributed by atoms with Gasteiger partial charge in [0.05, 0.1) is 10.9 Å². The summed E-state index contributed by atoms with van der Waals surface area (Å²) in [7, 11) is 0. The summed E-state index contributed by atoms with van der Waals surface area (Å²) in [6, 6.07) is 5.23. The topological polar surface area (TPSA) is 46.5 Å². The van der Waals surface area contributed by atoms with E-state index < -0.39 is 11.9 Å². The molecule has 1 fully saturated rings. The third-order valence-electron chi connectivity index (χ3n) is 3.24. The van der Waals surface area contributed by atoms with Gasteiger partial charge in [-0.15, -0.1) is 0 Å². The van der Waals surface area contributed by atoms with Crippen molar-refractivity contribution in [1.29, 1.82) is 0 Å². The van der Waals surface area contributed by atoms with Gasteiger partial charge >= 0.3 is 5.97 Å². The Morgan fingerprint density at radius 1 is 1.58 bits per heavy atom. The quantitative estimate of drug-likeness (QED) is 0.918. The van der Waals surface area contributed by atoms with Crippen molar-refractivity contribution in [2.24, 2.45) is 0 Å². The molecule has 0 bridgehead atoms. The Balaban J connectivity index is 2.08. The molecule has 1 aromatic carbocycles. The highest BCUT2D eigenvalue weighted by molar-refractivity contribution is 7.99. The van der Waals surface area contributed by atoms with E-state index in [1.54, 1.807) is 25.1 Å². The van der Waals surface area contributed by atoms with Gasteiger partial charge in [-0.2, -0.15) is 11.8 Å². The van der Waals surface area contributed by atoms with Crippen LogP contribution in [0.1, 0.15) is 31.2 Å². The molecule has 0 saturated carbocycles. The van der Waals surface area contributed by atoms with Crippen molar-refractivity contribution in [2.75, 3.05) is 11.5 Å². The van der Waals surface area contributed by atoms with Crippen LogP contribution in [0.4, 0.5) is 0 Å². The highest BCUT2D eigenvalue weighted by Crippen LogP contribution is 2.31. The van der Waals surface area contributed by atoms with Gasteiger partial charge in [-0.05, 0) is 43.2 Å². The number of aliphatic carboxylic acids is 1. The minimum Gasteiger partial charge on any atom is -0.488 e. The number of thioether (sulfide) groups is 1. The fraction of sp³-hybridized carbons (Fsp3) is 0.500. The highest BCUT2D eigenvalue weighted by atomic mass is 35.5. The zero-order valence-electron chi connectivity index (χ0n) is 10.8. The maximum absolute atomic E-state index is 10.9. The van der Waals surface area contributed by atoms with Gasteiger partial charge in [0.15, 0.2) is 0 Å². The molecule has 0 spiro atoms. The molecule has 2 rings (SSSR count). The Morgan fingerprint density at radius 2 is 2.37 bits per heavy atom. The molecule has 2 atom stereocenters. The number of hydrogen-bond acceptors (Lipinski definition) is 3. The first-order valence-electron chi connectivity index (χ1n) is 6.34. The summed E-state index contributed by atoms with van der Waals surface area (Å²) in [5, 5.41) is 9.47. The molecule has 1 heterocycles. The zero-order valence-corrected chi connectivity index (χ0v) is 12.3. The Hall–Kier alpha value is -0.870. The van der Waals surface area contributed by atoms with Crippen LogP contribution in [-0.4, -0.2) is 28.7 Å². The van der Waals surface area contributed by atoms with E-state index in [0.29, 0.717) is 16.3 Å². The minimum absolute atomic E-state index is 0.207. The fourth-order valence-electron chi connectivity index (χ4n) is 2.01. The van der Waals surface area contributed by atoms with Gasteiger partial charge in [0.1, 0.15) is 11.9 Å². The van der Waals surface area contributed by atoms with E-state index >= 15 is 0 Å². The molecule has 0 amide bonds. The summed E-state index contributed by atoms with van der Waals surface area (Å²) in [4.78, 5) is 10.9. The van der Waals surface area contributed by atoms with E-state index in [1.807, 2.05) is 11.8 Å². The number of carbonyl (C=O) groups is 1. The first-order chi connectivity index (χ1) is 9.08. The van der Waals surface area contributed by atoms with E-state index in [1.165, 1.54) is 12.2 Å². The van der Waals surface area contributed by atoms with Crippen LogP contribution >= 0.6 is 23.4 Å². The normalized spacial score (nSPS) is 20.8. The van der Waals surface area contributed by atoms with E-state index in [0.717, 1.165) is 12.2 Å².